The van der Waals surface area contributed by atoms with Gasteiger partial charge in [0.05, 0.1) is 5.69 Å². The molecular weight excluding hydrogens is 298 g/mol. The Morgan fingerprint density at radius 2 is 2.20 bits per heavy atom. The van der Waals surface area contributed by atoms with Crippen LogP contribution in [0.4, 0.5) is 10.5 Å². The number of amides is 3. The van der Waals surface area contributed by atoms with Gasteiger partial charge in [-0.1, -0.05) is 0 Å². The lowest BCUT2D eigenvalue weighted by molar-refractivity contribution is 0.0968. The molecule has 0 atom stereocenters. The van der Waals surface area contributed by atoms with Crippen molar-refractivity contribution in [2.45, 2.75) is 0 Å². The minimum atomic E-state index is -0.563. The molecule has 2 heterocycles. The van der Waals surface area contributed by atoms with Gasteiger partial charge in [-0.3, -0.25) is 4.79 Å². The van der Waals surface area contributed by atoms with Crippen molar-refractivity contribution < 1.29 is 14.7 Å². The van der Waals surface area contributed by atoms with Crippen LogP contribution in [0.1, 0.15) is 9.67 Å². The van der Waals surface area contributed by atoms with E-state index in [1.165, 1.54) is 18.4 Å². The lowest BCUT2D eigenvalue weighted by atomic mass is 10.2. The van der Waals surface area contributed by atoms with E-state index in [4.69, 9.17) is 5.11 Å². The number of carbonyl (C=O) groups is 2. The number of carbonyl (C=O) groups excluding carboxylic acids is 2. The van der Waals surface area contributed by atoms with E-state index in [1.807, 2.05) is 16.8 Å². The van der Waals surface area contributed by atoms with Gasteiger partial charge in [0.25, 0.3) is 5.91 Å². The van der Waals surface area contributed by atoms with Gasteiger partial charge in [0.15, 0.2) is 0 Å². The number of rotatable bonds is 4. The molecule has 2 rings (SSSR count). The molecule has 0 aliphatic rings. The summed E-state index contributed by atoms with van der Waals surface area (Å²) in [6, 6.07) is 3.13. The maximum Gasteiger partial charge on any atom is 0.321 e. The van der Waals surface area contributed by atoms with Crippen LogP contribution >= 0.6 is 22.7 Å². The van der Waals surface area contributed by atoms with E-state index in [2.05, 4.69) is 16.0 Å². The Hall–Kier alpha value is -1.90. The number of aliphatic hydroxyl groups is 1. The molecule has 8 heteroatoms. The Labute approximate surface area is 123 Å². The van der Waals surface area contributed by atoms with Gasteiger partial charge in [0.1, 0.15) is 11.6 Å². The van der Waals surface area contributed by atoms with Gasteiger partial charge in [0, 0.05) is 17.5 Å². The minimum absolute atomic E-state index is 0.268. The average molecular weight is 311 g/mol. The second-order valence-corrected chi connectivity index (χ2v) is 5.57. The summed E-state index contributed by atoms with van der Waals surface area (Å²) >= 11 is 2.86. The maximum absolute atomic E-state index is 11.8. The van der Waals surface area contributed by atoms with Crippen LogP contribution in [0.2, 0.25) is 0 Å². The highest BCUT2D eigenvalue weighted by atomic mass is 32.1. The van der Waals surface area contributed by atoms with Crippen LogP contribution in [-0.2, 0) is 0 Å². The molecule has 2 aromatic heterocycles. The molecule has 0 spiro atoms. The Bertz CT molecular complexity index is 608. The molecule has 0 aromatic carbocycles. The minimum Gasteiger partial charge on any atom is -0.376 e. The van der Waals surface area contributed by atoms with Crippen molar-refractivity contribution in [3.8, 4) is 10.4 Å². The summed E-state index contributed by atoms with van der Waals surface area (Å²) in [7, 11) is 1.53. The number of aliphatic hydroxyl groups excluding tert-OH is 1. The Morgan fingerprint density at radius 1 is 1.40 bits per heavy atom. The fraction of sp³-hybridized carbons (Fsp3) is 0.167. The third-order valence-electron chi connectivity index (χ3n) is 2.46. The van der Waals surface area contributed by atoms with E-state index in [0.717, 1.165) is 10.4 Å². The molecule has 0 saturated heterocycles. The summed E-state index contributed by atoms with van der Waals surface area (Å²) in [6.07, 6.45) is 0. The highest BCUT2D eigenvalue weighted by molar-refractivity contribution is 7.18. The fourth-order valence-electron chi connectivity index (χ4n) is 1.55. The molecule has 0 radical (unpaired) electrons. The summed E-state index contributed by atoms with van der Waals surface area (Å²) < 4.78 is 0. The van der Waals surface area contributed by atoms with E-state index in [9.17, 15) is 9.59 Å². The number of nitrogens with one attached hydrogen (secondary N) is 3. The van der Waals surface area contributed by atoms with Crippen molar-refractivity contribution in [2.24, 2.45) is 0 Å². The second-order valence-electron chi connectivity index (χ2n) is 3.73. The lowest BCUT2D eigenvalue weighted by Crippen LogP contribution is -2.30. The predicted octanol–water partition coefficient (Wildman–Crippen LogP) is 1.91. The molecular formula is C12H13N3O3S2. The number of anilines is 1. The molecule has 6 nitrogen and oxygen atoms in total. The van der Waals surface area contributed by atoms with Crippen LogP contribution in [0.5, 0.6) is 0 Å². The van der Waals surface area contributed by atoms with Crippen LogP contribution in [0.3, 0.4) is 0 Å². The molecule has 0 unspecified atom stereocenters. The second kappa shape index (κ2) is 6.51. The Kier molecular flexibility index (Phi) is 4.72. The first-order chi connectivity index (χ1) is 9.65. The summed E-state index contributed by atoms with van der Waals surface area (Å²) in [5.41, 5.74) is 1.42. The normalized spacial score (nSPS) is 10.1. The average Bonchev–Trinajstić information content (AvgIpc) is 3.06. The summed E-state index contributed by atoms with van der Waals surface area (Å²) in [6.45, 7) is -0.470. The molecule has 20 heavy (non-hydrogen) atoms. The molecule has 2 aromatic rings. The smallest absolute Gasteiger partial charge is 0.321 e. The summed E-state index contributed by atoms with van der Waals surface area (Å²) in [5.74, 6) is -0.268. The van der Waals surface area contributed by atoms with E-state index < -0.39 is 12.8 Å². The van der Waals surface area contributed by atoms with Crippen LogP contribution in [0.15, 0.2) is 22.9 Å². The number of hydrogen-bond acceptors (Lipinski definition) is 5. The summed E-state index contributed by atoms with van der Waals surface area (Å²) in [5, 5.41) is 19.9. The third kappa shape index (κ3) is 3.16. The van der Waals surface area contributed by atoms with Crippen molar-refractivity contribution in [3.63, 3.8) is 0 Å². The van der Waals surface area contributed by atoms with Gasteiger partial charge in [0.2, 0.25) is 0 Å². The molecule has 0 bridgehead atoms. The zero-order valence-electron chi connectivity index (χ0n) is 10.6. The predicted molar refractivity (Wildman–Crippen MR) is 80.3 cm³/mol. The van der Waals surface area contributed by atoms with Crippen molar-refractivity contribution in [2.75, 3.05) is 19.1 Å². The van der Waals surface area contributed by atoms with Crippen LogP contribution in [0.25, 0.3) is 10.4 Å². The zero-order valence-corrected chi connectivity index (χ0v) is 12.2. The highest BCUT2D eigenvalue weighted by Crippen LogP contribution is 2.35. The van der Waals surface area contributed by atoms with E-state index in [-0.39, 0.29) is 5.91 Å². The number of thiophene rings is 2. The monoisotopic (exact) mass is 311 g/mol. The largest absolute Gasteiger partial charge is 0.376 e. The molecule has 0 fully saturated rings. The van der Waals surface area contributed by atoms with Gasteiger partial charge in [-0.05, 0) is 22.9 Å². The number of hydrogen-bond donors (Lipinski definition) is 4. The van der Waals surface area contributed by atoms with E-state index in [1.54, 1.807) is 17.4 Å². The topological polar surface area (TPSA) is 90.5 Å². The molecule has 0 aliphatic carbocycles. The first kappa shape index (κ1) is 14.5. The van der Waals surface area contributed by atoms with Crippen molar-refractivity contribution in [1.29, 1.82) is 0 Å². The van der Waals surface area contributed by atoms with Gasteiger partial charge in [-0.15, -0.1) is 11.3 Å². The van der Waals surface area contributed by atoms with E-state index in [0.29, 0.717) is 10.6 Å². The molecule has 0 aliphatic heterocycles. The molecule has 106 valence electrons. The molecule has 3 amide bonds. The van der Waals surface area contributed by atoms with Gasteiger partial charge in [-0.2, -0.15) is 11.3 Å². The molecule has 0 saturated carbocycles. The SMILES string of the molecule is CNC(=O)c1sc(-c2ccsc2)cc1NC(=O)NCO. The van der Waals surface area contributed by atoms with E-state index >= 15 is 0 Å². The van der Waals surface area contributed by atoms with Crippen LogP contribution in [-0.4, -0.2) is 30.8 Å². The number of urea groups is 1. The van der Waals surface area contributed by atoms with Gasteiger partial charge < -0.3 is 21.1 Å². The van der Waals surface area contributed by atoms with Gasteiger partial charge >= 0.3 is 6.03 Å². The zero-order chi connectivity index (χ0) is 14.5. The first-order valence-corrected chi connectivity index (χ1v) is 7.46. The quantitative estimate of drug-likeness (QED) is 0.650. The lowest BCUT2D eigenvalue weighted by Gasteiger charge is -2.05. The van der Waals surface area contributed by atoms with Crippen molar-refractivity contribution >= 4 is 40.3 Å². The Balaban J connectivity index is 2.33. The highest BCUT2D eigenvalue weighted by Gasteiger charge is 2.18. The Morgan fingerprint density at radius 3 is 2.80 bits per heavy atom. The standard InChI is InChI=1S/C12H13N3O3S2/c1-13-11(17)10-8(15-12(18)14-6-16)4-9(20-10)7-2-3-19-5-7/h2-5,16H,6H2,1H3,(H,13,17)(H2,14,15,18). The first-order valence-electron chi connectivity index (χ1n) is 5.70. The van der Waals surface area contributed by atoms with Crippen molar-refractivity contribution in [1.82, 2.24) is 10.6 Å². The fourth-order valence-corrected chi connectivity index (χ4v) is 3.34. The van der Waals surface area contributed by atoms with Gasteiger partial charge in [-0.25, -0.2) is 4.79 Å². The van der Waals surface area contributed by atoms with Crippen LogP contribution < -0.4 is 16.0 Å². The molecule has 4 N–H and O–H groups in total. The third-order valence-corrected chi connectivity index (χ3v) is 4.33. The summed E-state index contributed by atoms with van der Waals surface area (Å²) in [4.78, 5) is 24.6. The maximum atomic E-state index is 11.8. The van der Waals surface area contributed by atoms with Crippen LogP contribution in [0, 0.1) is 0 Å². The van der Waals surface area contributed by atoms with Crippen molar-refractivity contribution in [3.05, 3.63) is 27.8 Å².